The maximum absolute atomic E-state index is 6.21. The molecule has 102 valence electrons. The van der Waals surface area contributed by atoms with Gasteiger partial charge < -0.3 is 10.5 Å². The van der Waals surface area contributed by atoms with Gasteiger partial charge >= 0.3 is 0 Å². The van der Waals surface area contributed by atoms with Crippen LogP contribution in [0.3, 0.4) is 0 Å². The van der Waals surface area contributed by atoms with E-state index in [0.717, 1.165) is 6.42 Å². The maximum Gasteiger partial charge on any atom is 0.0693 e. The van der Waals surface area contributed by atoms with Crippen LogP contribution in [0.5, 0.6) is 0 Å². The van der Waals surface area contributed by atoms with Crippen molar-refractivity contribution in [3.63, 3.8) is 0 Å². The van der Waals surface area contributed by atoms with E-state index in [0.29, 0.717) is 6.04 Å². The summed E-state index contributed by atoms with van der Waals surface area (Å²) in [4.78, 5) is 0. The summed E-state index contributed by atoms with van der Waals surface area (Å²) in [6.45, 7) is 2.26. The van der Waals surface area contributed by atoms with E-state index in [2.05, 4.69) is 6.92 Å². The Bertz CT molecular complexity index is 184. The monoisotopic (exact) mass is 241 g/mol. The highest BCUT2D eigenvalue weighted by Gasteiger charge is 2.37. The normalized spacial score (nSPS) is 19.9. The van der Waals surface area contributed by atoms with Gasteiger partial charge in [0.2, 0.25) is 0 Å². The molecule has 0 heterocycles. The molecule has 1 fully saturated rings. The quantitative estimate of drug-likeness (QED) is 0.586. The number of rotatable bonds is 10. The van der Waals surface area contributed by atoms with Crippen molar-refractivity contribution in [1.29, 1.82) is 0 Å². The molecule has 0 aliphatic heterocycles. The van der Waals surface area contributed by atoms with Crippen LogP contribution in [0.2, 0.25) is 0 Å². The highest BCUT2D eigenvalue weighted by molar-refractivity contribution is 4.92. The zero-order valence-corrected chi connectivity index (χ0v) is 11.8. The summed E-state index contributed by atoms with van der Waals surface area (Å²) in [6.07, 6.45) is 14.1. The van der Waals surface area contributed by atoms with Gasteiger partial charge in [0, 0.05) is 13.2 Å². The summed E-state index contributed by atoms with van der Waals surface area (Å²) >= 11 is 0. The second kappa shape index (κ2) is 8.10. The molecular formula is C15H31NO. The smallest absolute Gasteiger partial charge is 0.0693 e. The number of nitrogens with two attached hydrogens (primary N) is 1. The third-order valence-corrected chi connectivity index (χ3v) is 4.26. The number of hydrogen-bond acceptors (Lipinski definition) is 2. The van der Waals surface area contributed by atoms with E-state index in [4.69, 9.17) is 10.5 Å². The minimum Gasteiger partial charge on any atom is -0.378 e. The zero-order valence-electron chi connectivity index (χ0n) is 11.8. The maximum atomic E-state index is 6.21. The van der Waals surface area contributed by atoms with E-state index in [-0.39, 0.29) is 5.60 Å². The third-order valence-electron chi connectivity index (χ3n) is 4.26. The lowest BCUT2D eigenvalue weighted by Gasteiger charge is -2.42. The molecule has 2 N–H and O–H groups in total. The first-order chi connectivity index (χ1) is 8.22. The molecule has 1 aliphatic rings. The molecule has 1 rings (SSSR count). The van der Waals surface area contributed by atoms with Crippen LogP contribution in [0.1, 0.15) is 77.6 Å². The van der Waals surface area contributed by atoms with Gasteiger partial charge in [-0.3, -0.25) is 0 Å². The fourth-order valence-corrected chi connectivity index (χ4v) is 2.83. The highest BCUT2D eigenvalue weighted by Crippen LogP contribution is 2.39. The third kappa shape index (κ3) is 5.39. The fourth-order valence-electron chi connectivity index (χ4n) is 2.83. The number of hydrogen-bond donors (Lipinski definition) is 1. The van der Waals surface area contributed by atoms with Gasteiger partial charge in [-0.15, -0.1) is 0 Å². The van der Waals surface area contributed by atoms with Gasteiger partial charge in [-0.25, -0.2) is 0 Å². The first-order valence-electron chi connectivity index (χ1n) is 7.53. The lowest BCUT2D eigenvalue weighted by Crippen LogP contribution is -2.44. The Balaban J connectivity index is 1.99. The Morgan fingerprint density at radius 2 is 1.76 bits per heavy atom. The molecule has 2 heteroatoms. The summed E-state index contributed by atoms with van der Waals surface area (Å²) in [5.74, 6) is 0. The van der Waals surface area contributed by atoms with Crippen LogP contribution in [0.4, 0.5) is 0 Å². The Morgan fingerprint density at radius 3 is 2.29 bits per heavy atom. The second-order valence-corrected chi connectivity index (χ2v) is 5.76. The van der Waals surface area contributed by atoms with E-state index in [1.54, 1.807) is 0 Å². The largest absolute Gasteiger partial charge is 0.378 e. The molecule has 1 saturated carbocycles. The minimum atomic E-state index is 0.154. The van der Waals surface area contributed by atoms with Crippen molar-refractivity contribution in [2.75, 3.05) is 7.11 Å². The fraction of sp³-hybridized carbons (Fsp3) is 1.00. The predicted molar refractivity (Wildman–Crippen MR) is 74.2 cm³/mol. The van der Waals surface area contributed by atoms with Gasteiger partial charge in [-0.1, -0.05) is 45.4 Å². The van der Waals surface area contributed by atoms with Crippen LogP contribution < -0.4 is 5.73 Å². The molecule has 0 aromatic carbocycles. The standard InChI is InChI=1S/C15H31NO/c1-3-4-5-6-7-8-10-14(16)13-15(17-2)11-9-12-15/h14H,3-13,16H2,1-2H3. The average Bonchev–Trinajstić information content (AvgIpc) is 2.28. The highest BCUT2D eigenvalue weighted by atomic mass is 16.5. The van der Waals surface area contributed by atoms with E-state index >= 15 is 0 Å². The first kappa shape index (κ1) is 15.0. The number of ether oxygens (including phenoxy) is 1. The van der Waals surface area contributed by atoms with Gasteiger partial charge in [-0.2, -0.15) is 0 Å². The molecule has 0 aromatic rings. The van der Waals surface area contributed by atoms with E-state index in [9.17, 15) is 0 Å². The molecule has 0 saturated heterocycles. The van der Waals surface area contributed by atoms with Crippen LogP contribution in [0, 0.1) is 0 Å². The van der Waals surface area contributed by atoms with Crippen LogP contribution in [0.15, 0.2) is 0 Å². The summed E-state index contributed by atoms with van der Waals surface area (Å²) in [5, 5.41) is 0. The molecule has 0 amide bonds. The molecular weight excluding hydrogens is 210 g/mol. The van der Waals surface area contributed by atoms with Crippen LogP contribution >= 0.6 is 0 Å². The van der Waals surface area contributed by atoms with Gasteiger partial charge in [-0.05, 0) is 32.1 Å². The van der Waals surface area contributed by atoms with Crippen molar-refractivity contribution >= 4 is 0 Å². The molecule has 2 nitrogen and oxygen atoms in total. The van der Waals surface area contributed by atoms with E-state index in [1.165, 1.54) is 64.2 Å². The molecule has 0 bridgehead atoms. The molecule has 0 radical (unpaired) electrons. The molecule has 1 unspecified atom stereocenters. The predicted octanol–water partition coefficient (Wildman–Crippen LogP) is 4.02. The summed E-state index contributed by atoms with van der Waals surface area (Å²) in [5.41, 5.74) is 6.36. The second-order valence-electron chi connectivity index (χ2n) is 5.76. The number of methoxy groups -OCH3 is 1. The summed E-state index contributed by atoms with van der Waals surface area (Å²) < 4.78 is 5.62. The van der Waals surface area contributed by atoms with Gasteiger partial charge in [0.25, 0.3) is 0 Å². The van der Waals surface area contributed by atoms with Crippen LogP contribution in [-0.2, 0) is 4.74 Å². The summed E-state index contributed by atoms with van der Waals surface area (Å²) in [6, 6.07) is 0.349. The summed E-state index contributed by atoms with van der Waals surface area (Å²) in [7, 11) is 1.84. The van der Waals surface area contributed by atoms with Gasteiger partial charge in [0.15, 0.2) is 0 Å². The Kier molecular flexibility index (Phi) is 7.14. The zero-order chi connectivity index (χ0) is 12.6. The van der Waals surface area contributed by atoms with Gasteiger partial charge in [0.05, 0.1) is 5.60 Å². The van der Waals surface area contributed by atoms with E-state index in [1.807, 2.05) is 7.11 Å². The SMILES string of the molecule is CCCCCCCCC(N)CC1(OC)CCC1. The van der Waals surface area contributed by atoms with Crippen molar-refractivity contribution in [3.8, 4) is 0 Å². The molecule has 17 heavy (non-hydrogen) atoms. The Labute approximate surface area is 107 Å². The van der Waals surface area contributed by atoms with Gasteiger partial charge in [0.1, 0.15) is 0 Å². The lowest BCUT2D eigenvalue weighted by atomic mass is 9.75. The molecule has 0 spiro atoms. The Hall–Kier alpha value is -0.0800. The average molecular weight is 241 g/mol. The lowest BCUT2D eigenvalue weighted by molar-refractivity contribution is -0.0818. The molecule has 0 aromatic heterocycles. The van der Waals surface area contributed by atoms with Crippen molar-refractivity contribution in [3.05, 3.63) is 0 Å². The Morgan fingerprint density at radius 1 is 1.12 bits per heavy atom. The molecule has 1 atom stereocenters. The molecule has 1 aliphatic carbocycles. The van der Waals surface area contributed by atoms with Crippen molar-refractivity contribution in [2.24, 2.45) is 5.73 Å². The number of unbranched alkanes of at least 4 members (excludes halogenated alkanes) is 5. The van der Waals surface area contributed by atoms with Crippen molar-refractivity contribution < 1.29 is 4.74 Å². The van der Waals surface area contributed by atoms with Crippen molar-refractivity contribution in [2.45, 2.75) is 89.2 Å². The first-order valence-corrected chi connectivity index (χ1v) is 7.53. The van der Waals surface area contributed by atoms with Crippen LogP contribution in [-0.4, -0.2) is 18.8 Å². The minimum absolute atomic E-state index is 0.154. The van der Waals surface area contributed by atoms with Crippen LogP contribution in [0.25, 0.3) is 0 Å². The topological polar surface area (TPSA) is 35.2 Å². The van der Waals surface area contributed by atoms with Crippen molar-refractivity contribution in [1.82, 2.24) is 0 Å². The van der Waals surface area contributed by atoms with E-state index < -0.39 is 0 Å².